The summed E-state index contributed by atoms with van der Waals surface area (Å²) in [4.78, 5) is 6.29. The molecule has 3 atom stereocenters. The molecule has 3 nitrogen and oxygen atoms in total. The van der Waals surface area contributed by atoms with E-state index >= 15 is 0 Å². The minimum atomic E-state index is 0.167. The van der Waals surface area contributed by atoms with Crippen LogP contribution >= 0.6 is 11.3 Å². The summed E-state index contributed by atoms with van der Waals surface area (Å²) in [7, 11) is 4.44. The van der Waals surface area contributed by atoms with Crippen LogP contribution in [0, 0.1) is 0 Å². The molecule has 0 bridgehead atoms. The Morgan fingerprint density at radius 3 is 2.89 bits per heavy atom. The molecule has 0 amide bonds. The molecule has 0 saturated carbocycles. The lowest BCUT2D eigenvalue weighted by Crippen LogP contribution is -2.43. The predicted octanol–water partition coefficient (Wildman–Crippen LogP) is 2.16. The highest BCUT2D eigenvalue weighted by Gasteiger charge is 2.27. The second-order valence-electron chi connectivity index (χ2n) is 5.54. The molecule has 102 valence electrons. The van der Waals surface area contributed by atoms with Crippen LogP contribution in [-0.4, -0.2) is 49.1 Å². The van der Waals surface area contributed by atoms with Gasteiger partial charge in [-0.15, -0.1) is 11.3 Å². The van der Waals surface area contributed by atoms with Gasteiger partial charge in [0.25, 0.3) is 0 Å². The van der Waals surface area contributed by atoms with E-state index in [1.165, 1.54) is 24.3 Å². The van der Waals surface area contributed by atoms with E-state index in [0.717, 1.165) is 6.54 Å². The highest BCUT2D eigenvalue weighted by atomic mass is 32.1. The third-order valence-corrected chi connectivity index (χ3v) is 4.92. The Morgan fingerprint density at radius 1 is 1.61 bits per heavy atom. The molecule has 1 fully saturated rings. The summed E-state index contributed by atoms with van der Waals surface area (Å²) in [5.41, 5.74) is 6.19. The van der Waals surface area contributed by atoms with Crippen molar-refractivity contribution in [1.82, 2.24) is 9.80 Å². The maximum absolute atomic E-state index is 6.19. The standard InChI is InChI=1S/C14H25N3S/c1-11(15)14(13-7-5-9-18-13)17(3)10-12-6-4-8-16(12)2/h5,7,9,11-12,14H,4,6,8,10,15H2,1-3H3. The average Bonchev–Trinajstić information content (AvgIpc) is 2.92. The van der Waals surface area contributed by atoms with Crippen LogP contribution in [0.3, 0.4) is 0 Å². The molecule has 4 heteroatoms. The lowest BCUT2D eigenvalue weighted by atomic mass is 10.1. The fourth-order valence-electron chi connectivity index (χ4n) is 2.99. The van der Waals surface area contributed by atoms with Gasteiger partial charge in [0.15, 0.2) is 0 Å². The Bertz CT molecular complexity index is 350. The number of nitrogens with zero attached hydrogens (tertiary/aromatic N) is 2. The first-order valence-corrected chi connectivity index (χ1v) is 7.67. The molecular formula is C14H25N3S. The van der Waals surface area contributed by atoms with E-state index < -0.39 is 0 Å². The molecule has 1 saturated heterocycles. The maximum Gasteiger partial charge on any atom is 0.0588 e. The zero-order valence-corrected chi connectivity index (χ0v) is 12.5. The van der Waals surface area contributed by atoms with Crippen LogP contribution in [-0.2, 0) is 0 Å². The van der Waals surface area contributed by atoms with Crippen molar-refractivity contribution in [2.45, 2.75) is 37.9 Å². The van der Waals surface area contributed by atoms with Crippen molar-refractivity contribution in [3.8, 4) is 0 Å². The number of hydrogen-bond acceptors (Lipinski definition) is 4. The van der Waals surface area contributed by atoms with Crippen LogP contribution in [0.25, 0.3) is 0 Å². The summed E-state index contributed by atoms with van der Waals surface area (Å²) in [5, 5.41) is 2.14. The third-order valence-electron chi connectivity index (χ3n) is 3.98. The van der Waals surface area contributed by atoms with E-state index in [1.54, 1.807) is 0 Å². The third kappa shape index (κ3) is 3.12. The van der Waals surface area contributed by atoms with Gasteiger partial charge in [0.2, 0.25) is 0 Å². The number of likely N-dealkylation sites (tertiary alicyclic amines) is 1. The van der Waals surface area contributed by atoms with Crippen molar-refractivity contribution in [2.75, 3.05) is 27.2 Å². The van der Waals surface area contributed by atoms with Gasteiger partial charge in [0, 0.05) is 23.5 Å². The van der Waals surface area contributed by atoms with E-state index in [1.807, 2.05) is 11.3 Å². The van der Waals surface area contributed by atoms with Gasteiger partial charge in [-0.1, -0.05) is 6.07 Å². The Balaban J connectivity index is 2.02. The fourth-order valence-corrected chi connectivity index (χ4v) is 4.00. The van der Waals surface area contributed by atoms with Crippen LogP contribution in [0.15, 0.2) is 17.5 Å². The quantitative estimate of drug-likeness (QED) is 0.887. The summed E-state index contributed by atoms with van der Waals surface area (Å²) < 4.78 is 0. The average molecular weight is 267 g/mol. The molecule has 2 N–H and O–H groups in total. The van der Waals surface area contributed by atoms with Crippen molar-refractivity contribution >= 4 is 11.3 Å². The Morgan fingerprint density at radius 2 is 2.39 bits per heavy atom. The van der Waals surface area contributed by atoms with Crippen molar-refractivity contribution in [3.05, 3.63) is 22.4 Å². The summed E-state index contributed by atoms with van der Waals surface area (Å²) in [6, 6.07) is 5.52. The molecule has 1 aromatic rings. The van der Waals surface area contributed by atoms with E-state index in [-0.39, 0.29) is 6.04 Å². The van der Waals surface area contributed by atoms with Gasteiger partial charge in [0.05, 0.1) is 6.04 Å². The first kappa shape index (κ1) is 14.0. The van der Waals surface area contributed by atoms with E-state index in [9.17, 15) is 0 Å². The number of likely N-dealkylation sites (N-methyl/N-ethyl adjacent to an activating group) is 2. The summed E-state index contributed by atoms with van der Waals surface area (Å²) in [6.45, 7) is 4.46. The normalized spacial score (nSPS) is 24.6. The van der Waals surface area contributed by atoms with Crippen LogP contribution in [0.2, 0.25) is 0 Å². The first-order valence-electron chi connectivity index (χ1n) is 6.79. The van der Waals surface area contributed by atoms with Gasteiger partial charge in [-0.2, -0.15) is 0 Å². The molecule has 0 aromatic carbocycles. The SMILES string of the molecule is CC(N)C(c1cccs1)N(C)CC1CCCN1C. The van der Waals surface area contributed by atoms with Crippen molar-refractivity contribution in [3.63, 3.8) is 0 Å². The minimum Gasteiger partial charge on any atom is -0.326 e. The molecule has 0 radical (unpaired) electrons. The zero-order chi connectivity index (χ0) is 13.1. The van der Waals surface area contributed by atoms with E-state index in [2.05, 4.69) is 48.3 Å². The van der Waals surface area contributed by atoms with Gasteiger partial charge in [-0.3, -0.25) is 4.90 Å². The molecule has 18 heavy (non-hydrogen) atoms. The molecule has 1 aliphatic heterocycles. The molecule has 2 rings (SSSR count). The van der Waals surface area contributed by atoms with Gasteiger partial charge in [-0.05, 0) is 51.9 Å². The summed E-state index contributed by atoms with van der Waals surface area (Å²) >= 11 is 1.81. The molecule has 0 aliphatic carbocycles. The Labute approximate surface area is 115 Å². The van der Waals surface area contributed by atoms with Crippen LogP contribution in [0.5, 0.6) is 0 Å². The molecule has 1 aliphatic rings. The van der Waals surface area contributed by atoms with Crippen molar-refractivity contribution in [1.29, 1.82) is 0 Å². The van der Waals surface area contributed by atoms with Crippen molar-refractivity contribution in [2.24, 2.45) is 5.73 Å². The highest BCUT2D eigenvalue weighted by Crippen LogP contribution is 2.28. The predicted molar refractivity (Wildman–Crippen MR) is 79.0 cm³/mol. The largest absolute Gasteiger partial charge is 0.326 e. The molecule has 3 unspecified atom stereocenters. The Hall–Kier alpha value is -0.420. The van der Waals surface area contributed by atoms with Gasteiger partial charge < -0.3 is 10.6 Å². The molecule has 1 aromatic heterocycles. The Kier molecular flexibility index (Phi) is 4.78. The van der Waals surface area contributed by atoms with Gasteiger partial charge in [0.1, 0.15) is 0 Å². The zero-order valence-electron chi connectivity index (χ0n) is 11.7. The number of hydrogen-bond donors (Lipinski definition) is 1. The number of thiophene rings is 1. The summed E-state index contributed by atoms with van der Waals surface area (Å²) in [6.07, 6.45) is 2.65. The fraction of sp³-hybridized carbons (Fsp3) is 0.714. The first-order chi connectivity index (χ1) is 8.59. The van der Waals surface area contributed by atoms with E-state index in [0.29, 0.717) is 12.1 Å². The van der Waals surface area contributed by atoms with Crippen LogP contribution in [0.4, 0.5) is 0 Å². The van der Waals surface area contributed by atoms with Crippen LogP contribution in [0.1, 0.15) is 30.7 Å². The topological polar surface area (TPSA) is 32.5 Å². The number of nitrogens with two attached hydrogens (primary N) is 1. The lowest BCUT2D eigenvalue weighted by molar-refractivity contribution is 0.165. The second-order valence-corrected chi connectivity index (χ2v) is 6.51. The number of rotatable bonds is 5. The van der Waals surface area contributed by atoms with Gasteiger partial charge in [-0.25, -0.2) is 0 Å². The monoisotopic (exact) mass is 267 g/mol. The van der Waals surface area contributed by atoms with E-state index in [4.69, 9.17) is 5.73 Å². The summed E-state index contributed by atoms with van der Waals surface area (Å²) in [5.74, 6) is 0. The molecule has 2 heterocycles. The molecule has 0 spiro atoms. The van der Waals surface area contributed by atoms with Crippen LogP contribution < -0.4 is 5.73 Å². The smallest absolute Gasteiger partial charge is 0.0588 e. The van der Waals surface area contributed by atoms with Gasteiger partial charge >= 0.3 is 0 Å². The van der Waals surface area contributed by atoms with Crippen molar-refractivity contribution < 1.29 is 0 Å². The lowest BCUT2D eigenvalue weighted by Gasteiger charge is -2.34. The maximum atomic E-state index is 6.19. The minimum absolute atomic E-state index is 0.167. The highest BCUT2D eigenvalue weighted by molar-refractivity contribution is 7.10. The molecular weight excluding hydrogens is 242 g/mol. The second kappa shape index (κ2) is 6.15.